The molecule has 0 radical (unpaired) electrons. The van der Waals surface area contributed by atoms with E-state index in [4.69, 9.17) is 0 Å². The molecule has 118 valence electrons. The second-order valence-electron chi connectivity index (χ2n) is 6.83. The van der Waals surface area contributed by atoms with Crippen LogP contribution in [0.3, 0.4) is 0 Å². The summed E-state index contributed by atoms with van der Waals surface area (Å²) in [5.74, 6) is 2.17. The number of aromatic hydroxyl groups is 2. The van der Waals surface area contributed by atoms with Crippen molar-refractivity contribution in [3.8, 4) is 11.5 Å². The van der Waals surface area contributed by atoms with Crippen LogP contribution >= 0.6 is 0 Å². The third-order valence-corrected chi connectivity index (χ3v) is 5.52. The topological polar surface area (TPSA) is 40.5 Å². The molecule has 2 heteroatoms. The molecule has 0 amide bonds. The highest BCUT2D eigenvalue weighted by molar-refractivity contribution is 5.83. The van der Waals surface area contributed by atoms with Crippen LogP contribution in [0, 0.1) is 11.8 Å². The van der Waals surface area contributed by atoms with Crippen LogP contribution in [0.1, 0.15) is 43.2 Å². The van der Waals surface area contributed by atoms with Crippen LogP contribution < -0.4 is 0 Å². The van der Waals surface area contributed by atoms with E-state index in [0.29, 0.717) is 17.4 Å². The third kappa shape index (κ3) is 2.63. The fraction of sp³-hybridized carbons (Fsp3) is 0.333. The van der Waals surface area contributed by atoms with Gasteiger partial charge in [-0.2, -0.15) is 0 Å². The average molecular weight is 306 g/mol. The van der Waals surface area contributed by atoms with Gasteiger partial charge in [-0.05, 0) is 78.5 Å². The Balaban J connectivity index is 1.87. The number of benzene rings is 2. The van der Waals surface area contributed by atoms with Crippen molar-refractivity contribution in [2.24, 2.45) is 11.8 Å². The first-order chi connectivity index (χ1) is 11.2. The maximum Gasteiger partial charge on any atom is 0.115 e. The van der Waals surface area contributed by atoms with Gasteiger partial charge in [-0.25, -0.2) is 0 Å². The van der Waals surface area contributed by atoms with Gasteiger partial charge in [0.05, 0.1) is 0 Å². The lowest BCUT2D eigenvalue weighted by atomic mass is 9.86. The zero-order chi connectivity index (χ0) is 15.8. The highest BCUT2D eigenvalue weighted by Crippen LogP contribution is 2.50. The van der Waals surface area contributed by atoms with Crippen molar-refractivity contribution in [2.75, 3.05) is 0 Å². The van der Waals surface area contributed by atoms with E-state index >= 15 is 0 Å². The fourth-order valence-electron chi connectivity index (χ4n) is 4.47. The molecule has 2 saturated carbocycles. The predicted octanol–water partition coefficient (Wildman–Crippen LogP) is 5.11. The average Bonchev–Trinajstić information content (AvgIpc) is 3.16. The highest BCUT2D eigenvalue weighted by atomic mass is 16.3. The molecule has 2 nitrogen and oxygen atoms in total. The molecule has 0 aliphatic heterocycles. The summed E-state index contributed by atoms with van der Waals surface area (Å²) in [5, 5.41) is 19.2. The molecule has 2 aromatic rings. The Morgan fingerprint density at radius 3 is 1.87 bits per heavy atom. The molecule has 0 spiro atoms. The second kappa shape index (κ2) is 5.77. The van der Waals surface area contributed by atoms with E-state index in [1.165, 1.54) is 37.7 Å². The summed E-state index contributed by atoms with van der Waals surface area (Å²) >= 11 is 0. The SMILES string of the molecule is Oc1ccc(C(=C2CCC3CCCC23)c2ccc(O)cc2)cc1. The van der Waals surface area contributed by atoms with E-state index < -0.39 is 0 Å². The zero-order valence-corrected chi connectivity index (χ0v) is 13.2. The lowest BCUT2D eigenvalue weighted by Crippen LogP contribution is -2.03. The maximum absolute atomic E-state index is 9.61. The fourth-order valence-corrected chi connectivity index (χ4v) is 4.47. The zero-order valence-electron chi connectivity index (χ0n) is 13.2. The minimum atomic E-state index is 0.300. The Kier molecular flexibility index (Phi) is 3.60. The van der Waals surface area contributed by atoms with E-state index in [9.17, 15) is 10.2 Å². The second-order valence-corrected chi connectivity index (χ2v) is 6.83. The molecule has 2 aromatic carbocycles. The van der Waals surface area contributed by atoms with Gasteiger partial charge in [0, 0.05) is 0 Å². The first-order valence-electron chi connectivity index (χ1n) is 8.54. The van der Waals surface area contributed by atoms with Crippen LogP contribution in [0.2, 0.25) is 0 Å². The molecule has 0 aromatic heterocycles. The van der Waals surface area contributed by atoms with Gasteiger partial charge in [-0.1, -0.05) is 36.3 Å². The maximum atomic E-state index is 9.61. The van der Waals surface area contributed by atoms with Crippen LogP contribution in [-0.2, 0) is 0 Å². The third-order valence-electron chi connectivity index (χ3n) is 5.52. The number of fused-ring (bicyclic) bond motifs is 1. The van der Waals surface area contributed by atoms with Gasteiger partial charge in [-0.15, -0.1) is 0 Å². The predicted molar refractivity (Wildman–Crippen MR) is 92.3 cm³/mol. The Morgan fingerprint density at radius 2 is 1.30 bits per heavy atom. The summed E-state index contributed by atoms with van der Waals surface area (Å²) < 4.78 is 0. The molecular weight excluding hydrogens is 284 g/mol. The Hall–Kier alpha value is -2.22. The highest BCUT2D eigenvalue weighted by Gasteiger charge is 2.37. The lowest BCUT2D eigenvalue weighted by Gasteiger charge is -2.18. The monoisotopic (exact) mass is 306 g/mol. The van der Waals surface area contributed by atoms with Gasteiger partial charge in [0.25, 0.3) is 0 Å². The Bertz CT molecular complexity index is 678. The molecule has 2 aliphatic carbocycles. The molecule has 23 heavy (non-hydrogen) atoms. The van der Waals surface area contributed by atoms with Crippen LogP contribution in [-0.4, -0.2) is 10.2 Å². The summed E-state index contributed by atoms with van der Waals surface area (Å²) in [4.78, 5) is 0. The van der Waals surface area contributed by atoms with Crippen molar-refractivity contribution in [3.05, 3.63) is 65.2 Å². The van der Waals surface area contributed by atoms with E-state index in [-0.39, 0.29) is 0 Å². The van der Waals surface area contributed by atoms with Crippen molar-refractivity contribution < 1.29 is 10.2 Å². The quantitative estimate of drug-likeness (QED) is 0.809. The first kappa shape index (κ1) is 14.4. The van der Waals surface area contributed by atoms with E-state index in [1.54, 1.807) is 29.8 Å². The van der Waals surface area contributed by atoms with Crippen molar-refractivity contribution in [1.82, 2.24) is 0 Å². The van der Waals surface area contributed by atoms with Crippen LogP contribution in [0.4, 0.5) is 0 Å². The van der Waals surface area contributed by atoms with E-state index in [0.717, 1.165) is 17.0 Å². The number of hydrogen-bond acceptors (Lipinski definition) is 2. The van der Waals surface area contributed by atoms with Gasteiger partial charge in [0.15, 0.2) is 0 Å². The first-order valence-corrected chi connectivity index (χ1v) is 8.54. The van der Waals surface area contributed by atoms with Crippen LogP contribution in [0.25, 0.3) is 5.57 Å². The molecular formula is C21H22O2. The van der Waals surface area contributed by atoms with Crippen molar-refractivity contribution in [2.45, 2.75) is 32.1 Å². The summed E-state index contributed by atoms with van der Waals surface area (Å²) in [5.41, 5.74) is 5.20. The standard InChI is InChI=1S/C21H22O2/c22-17-9-4-15(5-10-17)21(16-6-11-18(23)12-7-16)20-13-8-14-2-1-3-19(14)20/h4-7,9-12,14,19,22-23H,1-3,8,13H2. The Labute approximate surface area is 137 Å². The summed E-state index contributed by atoms with van der Waals surface area (Å²) in [7, 11) is 0. The summed E-state index contributed by atoms with van der Waals surface area (Å²) in [6.45, 7) is 0. The van der Waals surface area contributed by atoms with Gasteiger partial charge >= 0.3 is 0 Å². The molecule has 2 atom stereocenters. The summed E-state index contributed by atoms with van der Waals surface area (Å²) in [6.07, 6.45) is 6.50. The van der Waals surface area contributed by atoms with Gasteiger partial charge in [0.2, 0.25) is 0 Å². The molecule has 0 bridgehead atoms. The van der Waals surface area contributed by atoms with Crippen LogP contribution in [0.15, 0.2) is 54.1 Å². The molecule has 2 fully saturated rings. The number of rotatable bonds is 2. The van der Waals surface area contributed by atoms with Crippen molar-refractivity contribution >= 4 is 5.57 Å². The minimum Gasteiger partial charge on any atom is -0.508 e. The number of allylic oxidation sites excluding steroid dienone is 1. The van der Waals surface area contributed by atoms with Crippen molar-refractivity contribution in [3.63, 3.8) is 0 Å². The molecule has 2 aliphatic rings. The summed E-state index contributed by atoms with van der Waals surface area (Å²) in [6, 6.07) is 15.1. The molecule has 0 heterocycles. The van der Waals surface area contributed by atoms with Gasteiger partial charge in [-0.3, -0.25) is 0 Å². The number of hydrogen-bond donors (Lipinski definition) is 2. The van der Waals surface area contributed by atoms with Gasteiger partial charge < -0.3 is 10.2 Å². The van der Waals surface area contributed by atoms with E-state index in [1.807, 2.05) is 24.3 Å². The van der Waals surface area contributed by atoms with Gasteiger partial charge in [0.1, 0.15) is 11.5 Å². The van der Waals surface area contributed by atoms with Crippen molar-refractivity contribution in [1.29, 1.82) is 0 Å². The normalized spacial score (nSPS) is 23.0. The molecule has 4 rings (SSSR count). The molecule has 2 N–H and O–H groups in total. The minimum absolute atomic E-state index is 0.300. The molecule has 2 unspecified atom stereocenters. The van der Waals surface area contributed by atoms with E-state index in [2.05, 4.69) is 0 Å². The molecule has 0 saturated heterocycles. The smallest absolute Gasteiger partial charge is 0.115 e. The largest absolute Gasteiger partial charge is 0.508 e. The number of phenolic OH excluding ortho intramolecular Hbond substituents is 2. The van der Waals surface area contributed by atoms with Crippen LogP contribution in [0.5, 0.6) is 11.5 Å². The lowest BCUT2D eigenvalue weighted by molar-refractivity contribution is 0.475. The Morgan fingerprint density at radius 1 is 0.739 bits per heavy atom. The number of phenols is 2.